The van der Waals surface area contributed by atoms with Crippen LogP contribution >= 0.6 is 0 Å². The summed E-state index contributed by atoms with van der Waals surface area (Å²) in [5, 5.41) is 5.13. The van der Waals surface area contributed by atoms with Crippen LogP contribution in [0.1, 0.15) is 15.9 Å². The quantitative estimate of drug-likeness (QED) is 0.569. The maximum Gasteiger partial charge on any atom is 0.338 e. The first-order chi connectivity index (χ1) is 15.4. The SMILES string of the molecule is Cc1ccc(C(=O)OCC(=O)N2CCN(S(=O)(=O)c3ccc(F)cc3)CC2)cc1S(N)(=O)=O. The minimum absolute atomic E-state index is 0.0229. The van der Waals surface area contributed by atoms with Crippen molar-refractivity contribution in [3.05, 3.63) is 59.4 Å². The van der Waals surface area contributed by atoms with Crippen molar-refractivity contribution in [2.24, 2.45) is 5.14 Å². The molecule has 1 aliphatic rings. The number of carbonyl (C=O) groups excluding carboxylic acids is 2. The van der Waals surface area contributed by atoms with Gasteiger partial charge in [-0.25, -0.2) is 31.2 Å². The second kappa shape index (κ2) is 9.55. The van der Waals surface area contributed by atoms with Crippen molar-refractivity contribution in [2.75, 3.05) is 32.8 Å². The van der Waals surface area contributed by atoms with Crippen molar-refractivity contribution in [3.8, 4) is 0 Å². The lowest BCUT2D eigenvalue weighted by Crippen LogP contribution is -2.51. The van der Waals surface area contributed by atoms with Crippen LogP contribution in [0.25, 0.3) is 0 Å². The van der Waals surface area contributed by atoms with E-state index >= 15 is 0 Å². The van der Waals surface area contributed by atoms with Crippen molar-refractivity contribution < 1.29 is 35.6 Å². The summed E-state index contributed by atoms with van der Waals surface area (Å²) in [5.41, 5.74) is 0.284. The van der Waals surface area contributed by atoms with Crippen LogP contribution in [0, 0.1) is 12.7 Å². The molecule has 0 bridgehead atoms. The molecule has 10 nitrogen and oxygen atoms in total. The van der Waals surface area contributed by atoms with Crippen LogP contribution in [-0.4, -0.2) is 70.7 Å². The number of piperazine rings is 1. The summed E-state index contributed by atoms with van der Waals surface area (Å²) in [6.45, 7) is 1.13. The lowest BCUT2D eigenvalue weighted by Gasteiger charge is -2.33. The fourth-order valence-electron chi connectivity index (χ4n) is 3.27. The van der Waals surface area contributed by atoms with E-state index in [-0.39, 0.29) is 41.5 Å². The van der Waals surface area contributed by atoms with Crippen molar-refractivity contribution in [2.45, 2.75) is 16.7 Å². The Labute approximate surface area is 190 Å². The molecule has 2 N–H and O–H groups in total. The van der Waals surface area contributed by atoms with Gasteiger partial charge >= 0.3 is 5.97 Å². The van der Waals surface area contributed by atoms with Gasteiger partial charge in [0.25, 0.3) is 5.91 Å². The Morgan fingerprint density at radius 3 is 2.18 bits per heavy atom. The Kier molecular flexibility index (Phi) is 7.17. The van der Waals surface area contributed by atoms with Gasteiger partial charge in [0.1, 0.15) is 5.82 Å². The summed E-state index contributed by atoms with van der Waals surface area (Å²) < 4.78 is 67.8. The molecule has 0 aliphatic carbocycles. The lowest BCUT2D eigenvalue weighted by atomic mass is 10.1. The molecule has 2 aromatic rings. The molecule has 0 radical (unpaired) electrons. The standard InChI is InChI=1S/C20H22FN3O7S2/c1-14-2-3-15(12-18(14)32(22,27)28)20(26)31-13-19(25)23-8-10-24(11-9-23)33(29,30)17-6-4-16(21)5-7-17/h2-7,12H,8-11,13H2,1H3,(H2,22,27,28). The third-order valence-corrected chi connectivity index (χ3v) is 8.07. The largest absolute Gasteiger partial charge is 0.452 e. The monoisotopic (exact) mass is 499 g/mol. The number of benzene rings is 2. The highest BCUT2D eigenvalue weighted by molar-refractivity contribution is 7.89. The molecule has 13 heteroatoms. The van der Waals surface area contributed by atoms with Gasteiger partial charge in [0, 0.05) is 26.2 Å². The molecule has 2 aromatic carbocycles. The van der Waals surface area contributed by atoms with Crippen LogP contribution in [0.2, 0.25) is 0 Å². The number of carbonyl (C=O) groups is 2. The zero-order valence-electron chi connectivity index (χ0n) is 17.6. The number of hydrogen-bond acceptors (Lipinski definition) is 7. The molecule has 1 aliphatic heterocycles. The van der Waals surface area contributed by atoms with Crippen LogP contribution in [0.4, 0.5) is 4.39 Å². The van der Waals surface area contributed by atoms with Gasteiger partial charge in [-0.3, -0.25) is 4.79 Å². The molecule has 178 valence electrons. The number of nitrogens with two attached hydrogens (primary N) is 1. The van der Waals surface area contributed by atoms with E-state index in [0.717, 1.165) is 18.2 Å². The van der Waals surface area contributed by atoms with Crippen LogP contribution in [0.5, 0.6) is 0 Å². The predicted molar refractivity (Wildman–Crippen MR) is 115 cm³/mol. The Morgan fingerprint density at radius 2 is 1.61 bits per heavy atom. The summed E-state index contributed by atoms with van der Waals surface area (Å²) in [6.07, 6.45) is 0. The topological polar surface area (TPSA) is 144 Å². The second-order valence-electron chi connectivity index (χ2n) is 7.34. The number of esters is 1. The molecular formula is C20H22FN3O7S2. The molecule has 33 heavy (non-hydrogen) atoms. The number of rotatable bonds is 6. The summed E-state index contributed by atoms with van der Waals surface area (Å²) in [4.78, 5) is 25.7. The molecule has 0 atom stereocenters. The van der Waals surface area contributed by atoms with Gasteiger partial charge in [0.05, 0.1) is 15.4 Å². The first-order valence-electron chi connectivity index (χ1n) is 9.73. The number of aryl methyl sites for hydroxylation is 1. The highest BCUT2D eigenvalue weighted by Gasteiger charge is 2.30. The van der Waals surface area contributed by atoms with E-state index in [2.05, 4.69) is 0 Å². The Hall–Kier alpha value is -2.87. The minimum atomic E-state index is -4.03. The van der Waals surface area contributed by atoms with Crippen LogP contribution in [0.3, 0.4) is 0 Å². The number of primary sulfonamides is 1. The van der Waals surface area contributed by atoms with Gasteiger partial charge in [-0.2, -0.15) is 4.31 Å². The second-order valence-corrected chi connectivity index (χ2v) is 10.8. The fourth-order valence-corrected chi connectivity index (χ4v) is 5.50. The van der Waals surface area contributed by atoms with Crippen molar-refractivity contribution in [1.29, 1.82) is 0 Å². The fraction of sp³-hybridized carbons (Fsp3) is 0.300. The number of nitrogens with zero attached hydrogens (tertiary/aromatic N) is 2. The highest BCUT2D eigenvalue weighted by Crippen LogP contribution is 2.19. The molecule has 0 saturated carbocycles. The first kappa shape index (κ1) is 24.8. The number of amides is 1. The van der Waals surface area contributed by atoms with E-state index in [1.165, 1.54) is 40.4 Å². The van der Waals surface area contributed by atoms with Gasteiger partial charge < -0.3 is 9.64 Å². The molecule has 0 unspecified atom stereocenters. The van der Waals surface area contributed by atoms with Crippen molar-refractivity contribution in [3.63, 3.8) is 0 Å². The van der Waals surface area contributed by atoms with Crippen molar-refractivity contribution >= 4 is 31.9 Å². The molecular weight excluding hydrogens is 477 g/mol. The minimum Gasteiger partial charge on any atom is -0.452 e. The van der Waals surface area contributed by atoms with Crippen LogP contribution in [-0.2, 0) is 29.6 Å². The predicted octanol–water partition coefficient (Wildman–Crippen LogP) is 0.471. The van der Waals surface area contributed by atoms with Gasteiger partial charge in [0.2, 0.25) is 20.0 Å². The molecule has 3 rings (SSSR count). The number of hydrogen-bond donors (Lipinski definition) is 1. The molecule has 1 saturated heterocycles. The normalized spacial score (nSPS) is 15.3. The van der Waals surface area contributed by atoms with E-state index in [1.807, 2.05) is 0 Å². The Balaban J connectivity index is 1.56. The van der Waals surface area contributed by atoms with Gasteiger partial charge in [-0.1, -0.05) is 6.07 Å². The van der Waals surface area contributed by atoms with E-state index in [4.69, 9.17) is 9.88 Å². The number of sulfonamides is 2. The first-order valence-corrected chi connectivity index (χ1v) is 12.7. The van der Waals surface area contributed by atoms with E-state index in [0.29, 0.717) is 5.56 Å². The van der Waals surface area contributed by atoms with Crippen molar-refractivity contribution in [1.82, 2.24) is 9.21 Å². The van der Waals surface area contributed by atoms with Gasteiger partial charge in [-0.15, -0.1) is 0 Å². The summed E-state index contributed by atoms with van der Waals surface area (Å²) in [5.74, 6) is -1.97. The lowest BCUT2D eigenvalue weighted by molar-refractivity contribution is -0.135. The zero-order valence-corrected chi connectivity index (χ0v) is 19.2. The highest BCUT2D eigenvalue weighted by atomic mass is 32.2. The average Bonchev–Trinajstić information content (AvgIpc) is 2.77. The average molecular weight is 500 g/mol. The molecule has 1 fully saturated rings. The number of halogens is 1. The Bertz CT molecular complexity index is 1270. The maximum atomic E-state index is 13.1. The maximum absolute atomic E-state index is 13.1. The smallest absolute Gasteiger partial charge is 0.338 e. The van der Waals surface area contributed by atoms with Crippen LogP contribution < -0.4 is 5.14 Å². The van der Waals surface area contributed by atoms with Gasteiger partial charge in [-0.05, 0) is 48.9 Å². The molecule has 1 amide bonds. The summed E-state index contributed by atoms with van der Waals surface area (Å²) in [7, 11) is -7.86. The molecule has 1 heterocycles. The van der Waals surface area contributed by atoms with E-state index in [9.17, 15) is 30.8 Å². The third-order valence-electron chi connectivity index (χ3n) is 5.10. The van der Waals surface area contributed by atoms with E-state index < -0.39 is 44.3 Å². The molecule has 0 aromatic heterocycles. The summed E-state index contributed by atoms with van der Waals surface area (Å²) in [6, 6.07) is 8.30. The summed E-state index contributed by atoms with van der Waals surface area (Å²) >= 11 is 0. The van der Waals surface area contributed by atoms with E-state index in [1.54, 1.807) is 0 Å². The zero-order chi connectivity index (χ0) is 24.4. The Morgan fingerprint density at radius 1 is 1.00 bits per heavy atom. The number of ether oxygens (including phenoxy) is 1. The third kappa shape index (κ3) is 5.74. The molecule has 0 spiro atoms. The van der Waals surface area contributed by atoms with Gasteiger partial charge in [0.15, 0.2) is 6.61 Å². The van der Waals surface area contributed by atoms with Crippen LogP contribution in [0.15, 0.2) is 52.3 Å².